The standard InChI is InChI=1S/C11H13BrN2O3/c1-2-14(7-6-10(15)16)11(17)8-4-3-5-9(12)13-8/h3-5H,2,6-7H2,1H3,(H,15,16). The van der Waals surface area contributed by atoms with Crippen LogP contribution in [0, 0.1) is 0 Å². The fourth-order valence-corrected chi connectivity index (χ4v) is 1.67. The van der Waals surface area contributed by atoms with Crippen LogP contribution in [0.1, 0.15) is 23.8 Å². The van der Waals surface area contributed by atoms with E-state index in [2.05, 4.69) is 20.9 Å². The Hall–Kier alpha value is -1.43. The minimum Gasteiger partial charge on any atom is -0.481 e. The van der Waals surface area contributed by atoms with Crippen LogP contribution in [0.2, 0.25) is 0 Å². The van der Waals surface area contributed by atoms with Crippen molar-refractivity contribution >= 4 is 27.8 Å². The average molecular weight is 301 g/mol. The van der Waals surface area contributed by atoms with Crippen molar-refractivity contribution in [2.75, 3.05) is 13.1 Å². The Morgan fingerprint density at radius 2 is 2.18 bits per heavy atom. The molecule has 0 saturated carbocycles. The number of carboxylic acid groups (broad SMARTS) is 1. The molecule has 0 unspecified atom stereocenters. The third-order valence-electron chi connectivity index (χ3n) is 2.20. The van der Waals surface area contributed by atoms with Crippen LogP contribution in [0.15, 0.2) is 22.8 Å². The maximum Gasteiger partial charge on any atom is 0.305 e. The minimum absolute atomic E-state index is 0.0619. The van der Waals surface area contributed by atoms with E-state index in [4.69, 9.17) is 5.11 Å². The number of nitrogens with zero attached hydrogens (tertiary/aromatic N) is 2. The lowest BCUT2D eigenvalue weighted by Gasteiger charge is -2.19. The lowest BCUT2D eigenvalue weighted by Crippen LogP contribution is -2.33. The van der Waals surface area contributed by atoms with Gasteiger partial charge in [0.1, 0.15) is 10.3 Å². The van der Waals surface area contributed by atoms with Crippen molar-refractivity contribution in [3.8, 4) is 0 Å². The quantitative estimate of drug-likeness (QED) is 0.842. The van der Waals surface area contributed by atoms with Gasteiger partial charge in [0.25, 0.3) is 5.91 Å². The van der Waals surface area contributed by atoms with Crippen molar-refractivity contribution < 1.29 is 14.7 Å². The second kappa shape index (κ2) is 6.34. The van der Waals surface area contributed by atoms with E-state index < -0.39 is 5.97 Å². The van der Waals surface area contributed by atoms with Gasteiger partial charge >= 0.3 is 5.97 Å². The molecule has 0 aliphatic rings. The number of amides is 1. The van der Waals surface area contributed by atoms with Crippen LogP contribution in [-0.4, -0.2) is 40.0 Å². The third-order valence-corrected chi connectivity index (χ3v) is 2.64. The molecular weight excluding hydrogens is 288 g/mol. The second-order valence-electron chi connectivity index (χ2n) is 3.37. The van der Waals surface area contributed by atoms with Crippen LogP contribution in [0.3, 0.4) is 0 Å². The molecule has 17 heavy (non-hydrogen) atoms. The first kappa shape index (κ1) is 13.6. The van der Waals surface area contributed by atoms with Crippen molar-refractivity contribution in [2.45, 2.75) is 13.3 Å². The summed E-state index contributed by atoms with van der Waals surface area (Å²) < 4.78 is 0.581. The predicted octanol–water partition coefficient (Wildman–Crippen LogP) is 1.78. The highest BCUT2D eigenvalue weighted by Crippen LogP contribution is 2.09. The Morgan fingerprint density at radius 1 is 1.47 bits per heavy atom. The van der Waals surface area contributed by atoms with E-state index >= 15 is 0 Å². The summed E-state index contributed by atoms with van der Waals surface area (Å²) in [7, 11) is 0. The summed E-state index contributed by atoms with van der Waals surface area (Å²) in [6.45, 7) is 2.46. The molecule has 1 amide bonds. The maximum atomic E-state index is 12.0. The van der Waals surface area contributed by atoms with E-state index in [0.29, 0.717) is 16.8 Å². The molecule has 1 aromatic rings. The first-order valence-electron chi connectivity index (χ1n) is 5.18. The topological polar surface area (TPSA) is 70.5 Å². The first-order valence-corrected chi connectivity index (χ1v) is 5.97. The molecule has 0 radical (unpaired) electrons. The summed E-state index contributed by atoms with van der Waals surface area (Å²) in [6, 6.07) is 5.05. The Kier molecular flexibility index (Phi) is 5.09. The molecule has 0 aliphatic heterocycles. The van der Waals surface area contributed by atoms with Crippen LogP contribution in [0.4, 0.5) is 0 Å². The number of aromatic nitrogens is 1. The molecule has 1 N–H and O–H groups in total. The van der Waals surface area contributed by atoms with Gasteiger partial charge in [0.2, 0.25) is 0 Å². The summed E-state index contributed by atoms with van der Waals surface area (Å²) in [4.78, 5) is 28.0. The van der Waals surface area contributed by atoms with Crippen molar-refractivity contribution in [3.05, 3.63) is 28.5 Å². The lowest BCUT2D eigenvalue weighted by molar-refractivity contribution is -0.137. The Bertz CT molecular complexity index is 423. The third kappa shape index (κ3) is 4.14. The lowest BCUT2D eigenvalue weighted by atomic mass is 10.3. The van der Waals surface area contributed by atoms with Crippen LogP contribution in [0.5, 0.6) is 0 Å². The van der Waals surface area contributed by atoms with Crippen molar-refractivity contribution in [1.82, 2.24) is 9.88 Å². The number of hydrogen-bond donors (Lipinski definition) is 1. The molecule has 1 aromatic heterocycles. The largest absolute Gasteiger partial charge is 0.481 e. The monoisotopic (exact) mass is 300 g/mol. The summed E-state index contributed by atoms with van der Waals surface area (Å²) in [5.41, 5.74) is 0.312. The highest BCUT2D eigenvalue weighted by molar-refractivity contribution is 9.10. The van der Waals surface area contributed by atoms with Crippen LogP contribution in [0.25, 0.3) is 0 Å². The van der Waals surface area contributed by atoms with Gasteiger partial charge in [-0.25, -0.2) is 4.98 Å². The van der Waals surface area contributed by atoms with Gasteiger partial charge in [-0.15, -0.1) is 0 Å². The molecule has 1 heterocycles. The van der Waals surface area contributed by atoms with Crippen LogP contribution in [-0.2, 0) is 4.79 Å². The zero-order valence-electron chi connectivity index (χ0n) is 9.39. The van der Waals surface area contributed by atoms with Crippen molar-refractivity contribution in [2.24, 2.45) is 0 Å². The molecule has 1 rings (SSSR count). The van der Waals surface area contributed by atoms with E-state index in [1.54, 1.807) is 25.1 Å². The van der Waals surface area contributed by atoms with Crippen molar-refractivity contribution in [1.29, 1.82) is 0 Å². The summed E-state index contributed by atoms with van der Waals surface area (Å²) in [5, 5.41) is 8.59. The number of rotatable bonds is 5. The SMILES string of the molecule is CCN(CCC(=O)O)C(=O)c1cccc(Br)n1. The van der Waals surface area contributed by atoms with Gasteiger partial charge in [-0.2, -0.15) is 0 Å². The van der Waals surface area contributed by atoms with Gasteiger partial charge in [0.05, 0.1) is 6.42 Å². The molecule has 92 valence electrons. The van der Waals surface area contributed by atoms with Crippen molar-refractivity contribution in [3.63, 3.8) is 0 Å². The number of carbonyl (C=O) groups is 2. The maximum absolute atomic E-state index is 12.0. The highest BCUT2D eigenvalue weighted by Gasteiger charge is 2.16. The molecule has 0 aliphatic carbocycles. The van der Waals surface area contributed by atoms with Gasteiger partial charge in [0, 0.05) is 13.1 Å². The average Bonchev–Trinajstić information content (AvgIpc) is 2.29. The molecule has 5 nitrogen and oxygen atoms in total. The first-order chi connectivity index (χ1) is 8.04. The van der Waals surface area contributed by atoms with Gasteiger partial charge in [0.15, 0.2) is 0 Å². The summed E-state index contributed by atoms with van der Waals surface area (Å²) in [5.74, 6) is -1.17. The summed E-state index contributed by atoms with van der Waals surface area (Å²) >= 11 is 3.19. The number of carboxylic acids is 1. The molecular formula is C11H13BrN2O3. The van der Waals surface area contributed by atoms with E-state index in [0.717, 1.165) is 0 Å². The number of aliphatic carboxylic acids is 1. The zero-order chi connectivity index (χ0) is 12.8. The van der Waals surface area contributed by atoms with Crippen LogP contribution < -0.4 is 0 Å². The summed E-state index contributed by atoms with van der Waals surface area (Å²) in [6.07, 6.45) is -0.0619. The molecule has 0 aromatic carbocycles. The number of pyridine rings is 1. The van der Waals surface area contributed by atoms with E-state index in [9.17, 15) is 9.59 Å². The fraction of sp³-hybridized carbons (Fsp3) is 0.364. The molecule has 6 heteroatoms. The van der Waals surface area contributed by atoms with Gasteiger partial charge in [-0.3, -0.25) is 9.59 Å². The van der Waals surface area contributed by atoms with Gasteiger partial charge < -0.3 is 10.0 Å². The Morgan fingerprint density at radius 3 is 2.71 bits per heavy atom. The predicted molar refractivity (Wildman–Crippen MR) is 65.8 cm³/mol. The van der Waals surface area contributed by atoms with Crippen LogP contribution >= 0.6 is 15.9 Å². The second-order valence-corrected chi connectivity index (χ2v) is 4.19. The number of hydrogen-bond acceptors (Lipinski definition) is 3. The zero-order valence-corrected chi connectivity index (χ0v) is 11.0. The fourth-order valence-electron chi connectivity index (χ4n) is 1.32. The molecule has 0 spiro atoms. The number of carbonyl (C=O) groups excluding carboxylic acids is 1. The van der Waals surface area contributed by atoms with E-state index in [1.165, 1.54) is 4.90 Å². The number of halogens is 1. The molecule has 0 bridgehead atoms. The normalized spacial score (nSPS) is 10.0. The van der Waals surface area contributed by atoms with E-state index in [-0.39, 0.29) is 18.9 Å². The molecule has 0 fully saturated rings. The highest BCUT2D eigenvalue weighted by atomic mass is 79.9. The Balaban J connectivity index is 2.75. The van der Waals surface area contributed by atoms with Gasteiger partial charge in [-0.05, 0) is 35.0 Å². The molecule has 0 saturated heterocycles. The van der Waals surface area contributed by atoms with Gasteiger partial charge in [-0.1, -0.05) is 6.07 Å². The van der Waals surface area contributed by atoms with E-state index in [1.807, 2.05) is 0 Å². The Labute approximate surface area is 108 Å². The smallest absolute Gasteiger partial charge is 0.305 e. The minimum atomic E-state index is -0.918. The molecule has 0 atom stereocenters.